The second kappa shape index (κ2) is 3.49. The molecule has 0 heterocycles. The Kier molecular flexibility index (Phi) is 2.43. The zero-order valence-corrected chi connectivity index (χ0v) is 9.14. The molecule has 1 aromatic carbocycles. The Labute approximate surface area is 89.2 Å². The van der Waals surface area contributed by atoms with Crippen LogP contribution in [0, 0.1) is 12.7 Å². The lowest BCUT2D eigenvalue weighted by Crippen LogP contribution is -2.24. The van der Waals surface area contributed by atoms with Crippen LogP contribution in [0.25, 0.3) is 0 Å². The van der Waals surface area contributed by atoms with Crippen LogP contribution in [0.1, 0.15) is 24.0 Å². The number of methoxy groups -OCH3 is 1. The van der Waals surface area contributed by atoms with Crippen LogP contribution in [0.5, 0.6) is 5.75 Å². The van der Waals surface area contributed by atoms with Gasteiger partial charge in [0.25, 0.3) is 0 Å². The van der Waals surface area contributed by atoms with E-state index < -0.39 is 0 Å². The molecule has 2 rings (SSSR count). The largest absolute Gasteiger partial charge is 0.496 e. The molecular formula is C12H16FNO. The van der Waals surface area contributed by atoms with Crippen LogP contribution in [-0.4, -0.2) is 12.6 Å². The van der Waals surface area contributed by atoms with Gasteiger partial charge in [-0.3, -0.25) is 0 Å². The monoisotopic (exact) mass is 209 g/mol. The zero-order valence-electron chi connectivity index (χ0n) is 9.14. The number of hydrogen-bond donors (Lipinski definition) is 1. The van der Waals surface area contributed by atoms with E-state index in [0.717, 1.165) is 29.7 Å². The second-order valence-electron chi connectivity index (χ2n) is 4.45. The molecule has 1 saturated carbocycles. The highest BCUT2D eigenvalue weighted by Crippen LogP contribution is 2.38. The summed E-state index contributed by atoms with van der Waals surface area (Å²) in [4.78, 5) is 0. The lowest BCUT2D eigenvalue weighted by Gasteiger charge is -2.14. The van der Waals surface area contributed by atoms with Crippen molar-refractivity contribution in [1.29, 1.82) is 0 Å². The zero-order chi connectivity index (χ0) is 11.1. The predicted octanol–water partition coefficient (Wildman–Crippen LogP) is 2.18. The lowest BCUT2D eigenvalue weighted by atomic mass is 10.0. The molecule has 0 radical (unpaired) electrons. The maximum absolute atomic E-state index is 13.2. The van der Waals surface area contributed by atoms with Gasteiger partial charge in [0, 0.05) is 5.54 Å². The molecule has 0 bridgehead atoms. The van der Waals surface area contributed by atoms with Gasteiger partial charge in [0.15, 0.2) is 0 Å². The van der Waals surface area contributed by atoms with E-state index in [1.54, 1.807) is 7.11 Å². The minimum atomic E-state index is -0.215. The first-order valence-electron chi connectivity index (χ1n) is 5.16. The van der Waals surface area contributed by atoms with E-state index in [4.69, 9.17) is 10.5 Å². The van der Waals surface area contributed by atoms with E-state index in [1.807, 2.05) is 6.92 Å². The van der Waals surface area contributed by atoms with Crippen LogP contribution >= 0.6 is 0 Å². The van der Waals surface area contributed by atoms with Gasteiger partial charge in [0.2, 0.25) is 0 Å². The van der Waals surface area contributed by atoms with Gasteiger partial charge in [-0.05, 0) is 49.4 Å². The molecule has 0 unspecified atom stereocenters. The highest BCUT2D eigenvalue weighted by atomic mass is 19.1. The van der Waals surface area contributed by atoms with Crippen molar-refractivity contribution in [3.63, 3.8) is 0 Å². The van der Waals surface area contributed by atoms with E-state index in [-0.39, 0.29) is 11.4 Å². The van der Waals surface area contributed by atoms with E-state index in [1.165, 1.54) is 12.1 Å². The van der Waals surface area contributed by atoms with E-state index in [2.05, 4.69) is 0 Å². The van der Waals surface area contributed by atoms with E-state index in [0.29, 0.717) is 6.42 Å². The van der Waals surface area contributed by atoms with Gasteiger partial charge in [0.1, 0.15) is 11.6 Å². The Morgan fingerprint density at radius 1 is 1.47 bits per heavy atom. The fourth-order valence-electron chi connectivity index (χ4n) is 1.94. The third-order valence-electron chi connectivity index (χ3n) is 2.96. The third-order valence-corrected chi connectivity index (χ3v) is 2.96. The highest BCUT2D eigenvalue weighted by molar-refractivity contribution is 5.42. The molecule has 1 aliphatic carbocycles. The fraction of sp³-hybridized carbons (Fsp3) is 0.500. The van der Waals surface area contributed by atoms with Crippen molar-refractivity contribution in [2.45, 2.75) is 31.7 Å². The van der Waals surface area contributed by atoms with Crippen LogP contribution in [0.3, 0.4) is 0 Å². The first kappa shape index (κ1) is 10.4. The van der Waals surface area contributed by atoms with Crippen LogP contribution < -0.4 is 10.5 Å². The normalized spacial score (nSPS) is 17.6. The summed E-state index contributed by atoms with van der Waals surface area (Å²) < 4.78 is 18.5. The van der Waals surface area contributed by atoms with Crippen LogP contribution in [0.15, 0.2) is 12.1 Å². The summed E-state index contributed by atoms with van der Waals surface area (Å²) in [5.41, 5.74) is 7.62. The average Bonchev–Trinajstić information content (AvgIpc) is 2.82. The standard InChI is InChI=1S/C12H16FNO/c1-8-5-10(13)6-9(11(8)15-2)7-12(14)3-4-12/h5-6H,3-4,7,14H2,1-2H3. The van der Waals surface area contributed by atoms with Gasteiger partial charge >= 0.3 is 0 Å². The maximum Gasteiger partial charge on any atom is 0.125 e. The topological polar surface area (TPSA) is 35.2 Å². The van der Waals surface area contributed by atoms with Gasteiger partial charge in [-0.1, -0.05) is 0 Å². The summed E-state index contributed by atoms with van der Waals surface area (Å²) >= 11 is 0. The molecule has 1 aliphatic rings. The summed E-state index contributed by atoms with van der Waals surface area (Å²) in [6.45, 7) is 1.85. The summed E-state index contributed by atoms with van der Waals surface area (Å²) in [5, 5.41) is 0. The van der Waals surface area contributed by atoms with Crippen molar-refractivity contribution in [3.05, 3.63) is 29.1 Å². The Hall–Kier alpha value is -1.09. The second-order valence-corrected chi connectivity index (χ2v) is 4.45. The smallest absolute Gasteiger partial charge is 0.125 e. The van der Waals surface area contributed by atoms with Crippen LogP contribution in [-0.2, 0) is 6.42 Å². The number of rotatable bonds is 3. The first-order valence-corrected chi connectivity index (χ1v) is 5.16. The molecule has 0 spiro atoms. The Morgan fingerprint density at radius 2 is 2.13 bits per heavy atom. The number of halogens is 1. The molecular weight excluding hydrogens is 193 g/mol. The molecule has 1 aromatic rings. The van der Waals surface area contributed by atoms with E-state index in [9.17, 15) is 4.39 Å². The number of nitrogens with two attached hydrogens (primary N) is 1. The molecule has 0 aromatic heterocycles. The molecule has 2 N–H and O–H groups in total. The highest BCUT2D eigenvalue weighted by Gasteiger charge is 2.38. The minimum Gasteiger partial charge on any atom is -0.496 e. The quantitative estimate of drug-likeness (QED) is 0.828. The van der Waals surface area contributed by atoms with Crippen molar-refractivity contribution < 1.29 is 9.13 Å². The first-order chi connectivity index (χ1) is 7.04. The van der Waals surface area contributed by atoms with Gasteiger partial charge in [-0.15, -0.1) is 0 Å². The summed E-state index contributed by atoms with van der Waals surface area (Å²) in [6.07, 6.45) is 2.74. The third kappa shape index (κ3) is 2.12. The molecule has 0 aliphatic heterocycles. The minimum absolute atomic E-state index is 0.118. The number of aryl methyl sites for hydroxylation is 1. The lowest BCUT2D eigenvalue weighted by molar-refractivity contribution is 0.402. The fourth-order valence-corrected chi connectivity index (χ4v) is 1.94. The number of benzene rings is 1. The van der Waals surface area contributed by atoms with Crippen LogP contribution in [0.4, 0.5) is 4.39 Å². The summed E-state index contributed by atoms with van der Waals surface area (Å²) in [7, 11) is 1.61. The molecule has 0 amide bonds. The molecule has 2 nitrogen and oxygen atoms in total. The average molecular weight is 209 g/mol. The Morgan fingerprint density at radius 3 is 2.67 bits per heavy atom. The maximum atomic E-state index is 13.2. The SMILES string of the molecule is COc1c(C)cc(F)cc1CC1(N)CC1. The number of ether oxygens (including phenoxy) is 1. The van der Waals surface area contributed by atoms with Gasteiger partial charge in [-0.2, -0.15) is 0 Å². The summed E-state index contributed by atoms with van der Waals surface area (Å²) in [5.74, 6) is 0.556. The summed E-state index contributed by atoms with van der Waals surface area (Å²) in [6, 6.07) is 3.01. The van der Waals surface area contributed by atoms with Crippen molar-refractivity contribution >= 4 is 0 Å². The van der Waals surface area contributed by atoms with E-state index >= 15 is 0 Å². The van der Waals surface area contributed by atoms with Crippen LogP contribution in [0.2, 0.25) is 0 Å². The molecule has 0 atom stereocenters. The van der Waals surface area contributed by atoms with Crippen molar-refractivity contribution in [2.24, 2.45) is 5.73 Å². The molecule has 3 heteroatoms. The Balaban J connectivity index is 2.35. The molecule has 0 saturated heterocycles. The van der Waals surface area contributed by atoms with Gasteiger partial charge in [0.05, 0.1) is 7.11 Å². The van der Waals surface area contributed by atoms with Gasteiger partial charge in [-0.25, -0.2) is 4.39 Å². The number of hydrogen-bond acceptors (Lipinski definition) is 2. The molecule has 1 fully saturated rings. The molecule has 82 valence electrons. The van der Waals surface area contributed by atoms with Crippen molar-refractivity contribution in [1.82, 2.24) is 0 Å². The molecule has 15 heavy (non-hydrogen) atoms. The Bertz CT molecular complexity index is 385. The van der Waals surface area contributed by atoms with Crippen molar-refractivity contribution in [3.8, 4) is 5.75 Å². The predicted molar refractivity (Wildman–Crippen MR) is 57.5 cm³/mol. The van der Waals surface area contributed by atoms with Crippen molar-refractivity contribution in [2.75, 3.05) is 7.11 Å². The van der Waals surface area contributed by atoms with Gasteiger partial charge < -0.3 is 10.5 Å².